The van der Waals surface area contributed by atoms with E-state index in [0.717, 1.165) is 17.1 Å². The number of ether oxygens (including phenoxy) is 3. The summed E-state index contributed by atoms with van der Waals surface area (Å²) < 4.78 is 15.2. The van der Waals surface area contributed by atoms with Crippen LogP contribution < -0.4 is 9.47 Å². The quantitative estimate of drug-likeness (QED) is 0.559. The van der Waals surface area contributed by atoms with Crippen LogP contribution >= 0.6 is 11.6 Å². The van der Waals surface area contributed by atoms with Crippen LogP contribution in [0, 0.1) is 0 Å². The molecule has 0 aliphatic rings. The Labute approximate surface area is 88.5 Å². The molecule has 0 saturated carbocycles. The number of halogens is 1. The van der Waals surface area contributed by atoms with Crippen LogP contribution in [0.25, 0.3) is 0 Å². The first-order valence-corrected chi connectivity index (χ1v) is 4.70. The first kappa shape index (κ1) is 11.1. The third kappa shape index (κ3) is 2.79. The van der Waals surface area contributed by atoms with Gasteiger partial charge < -0.3 is 14.2 Å². The number of rotatable bonds is 5. The molecule has 0 radical (unpaired) electrons. The second-order valence-corrected chi connectivity index (χ2v) is 2.93. The lowest BCUT2D eigenvalue weighted by Crippen LogP contribution is -2.01. The Morgan fingerprint density at radius 3 is 2.64 bits per heavy atom. The van der Waals surface area contributed by atoms with E-state index in [-0.39, 0.29) is 6.79 Å². The summed E-state index contributed by atoms with van der Waals surface area (Å²) >= 11 is 5.76. The van der Waals surface area contributed by atoms with E-state index in [0.29, 0.717) is 5.88 Å². The normalized spacial score (nSPS) is 9.93. The van der Waals surface area contributed by atoms with Crippen molar-refractivity contribution in [2.45, 2.75) is 5.88 Å². The fourth-order valence-electron chi connectivity index (χ4n) is 1.05. The highest BCUT2D eigenvalue weighted by Gasteiger charge is 2.04. The standard InChI is InChI=1S/C10H13ClO3/c1-12-7-14-10-4-3-9(13-2)5-8(10)6-11/h3-5H,6-7H2,1-2H3. The highest BCUT2D eigenvalue weighted by Crippen LogP contribution is 2.25. The Hall–Kier alpha value is -0.930. The smallest absolute Gasteiger partial charge is 0.188 e. The van der Waals surface area contributed by atoms with Gasteiger partial charge in [0.05, 0.1) is 13.0 Å². The van der Waals surface area contributed by atoms with Crippen molar-refractivity contribution in [1.82, 2.24) is 0 Å². The van der Waals surface area contributed by atoms with E-state index in [4.69, 9.17) is 25.8 Å². The molecule has 0 aromatic heterocycles. The van der Waals surface area contributed by atoms with Gasteiger partial charge in [-0.15, -0.1) is 11.6 Å². The van der Waals surface area contributed by atoms with E-state index in [1.54, 1.807) is 14.2 Å². The predicted octanol–water partition coefficient (Wildman–Crippen LogP) is 2.42. The van der Waals surface area contributed by atoms with Gasteiger partial charge in [-0.1, -0.05) is 0 Å². The van der Waals surface area contributed by atoms with Gasteiger partial charge in [0.2, 0.25) is 0 Å². The molecular formula is C10H13ClO3. The molecule has 0 heterocycles. The Balaban J connectivity index is 2.82. The largest absolute Gasteiger partial charge is 0.497 e. The zero-order valence-corrected chi connectivity index (χ0v) is 9.00. The molecular weight excluding hydrogens is 204 g/mol. The van der Waals surface area contributed by atoms with Gasteiger partial charge in [0, 0.05) is 12.7 Å². The molecule has 0 unspecified atom stereocenters. The molecule has 4 heteroatoms. The molecule has 78 valence electrons. The van der Waals surface area contributed by atoms with E-state index < -0.39 is 0 Å². The number of hydrogen-bond acceptors (Lipinski definition) is 3. The molecule has 0 aliphatic heterocycles. The molecule has 1 rings (SSSR count). The molecule has 0 spiro atoms. The van der Waals surface area contributed by atoms with Crippen molar-refractivity contribution < 1.29 is 14.2 Å². The van der Waals surface area contributed by atoms with Crippen molar-refractivity contribution in [3.63, 3.8) is 0 Å². The number of benzene rings is 1. The summed E-state index contributed by atoms with van der Waals surface area (Å²) in [5, 5.41) is 0. The molecule has 14 heavy (non-hydrogen) atoms. The molecule has 0 saturated heterocycles. The third-order valence-corrected chi connectivity index (χ3v) is 2.03. The summed E-state index contributed by atoms with van der Waals surface area (Å²) in [5.41, 5.74) is 0.892. The molecule has 0 amide bonds. The lowest BCUT2D eigenvalue weighted by molar-refractivity contribution is 0.0505. The fourth-order valence-corrected chi connectivity index (χ4v) is 1.26. The van der Waals surface area contributed by atoms with Gasteiger partial charge >= 0.3 is 0 Å². The van der Waals surface area contributed by atoms with E-state index in [1.165, 1.54) is 0 Å². The first-order chi connectivity index (χ1) is 6.81. The summed E-state index contributed by atoms with van der Waals surface area (Å²) in [6.07, 6.45) is 0. The van der Waals surface area contributed by atoms with Gasteiger partial charge in [-0.2, -0.15) is 0 Å². The Kier molecular flexibility index (Phi) is 4.56. The van der Waals surface area contributed by atoms with Gasteiger partial charge in [-0.05, 0) is 18.2 Å². The second-order valence-electron chi connectivity index (χ2n) is 2.66. The van der Waals surface area contributed by atoms with E-state index >= 15 is 0 Å². The Morgan fingerprint density at radius 1 is 1.29 bits per heavy atom. The number of alkyl halides is 1. The fraction of sp³-hybridized carbons (Fsp3) is 0.400. The summed E-state index contributed by atoms with van der Waals surface area (Å²) in [4.78, 5) is 0. The molecule has 0 N–H and O–H groups in total. The van der Waals surface area contributed by atoms with Crippen molar-refractivity contribution >= 4 is 11.6 Å². The van der Waals surface area contributed by atoms with Gasteiger partial charge in [0.15, 0.2) is 6.79 Å². The van der Waals surface area contributed by atoms with Crippen LogP contribution in [-0.4, -0.2) is 21.0 Å². The van der Waals surface area contributed by atoms with Crippen molar-refractivity contribution in [3.8, 4) is 11.5 Å². The molecule has 0 fully saturated rings. The SMILES string of the molecule is COCOc1ccc(OC)cc1CCl. The van der Waals surface area contributed by atoms with E-state index in [9.17, 15) is 0 Å². The van der Waals surface area contributed by atoms with Crippen LogP contribution in [0.5, 0.6) is 11.5 Å². The zero-order chi connectivity index (χ0) is 10.4. The number of hydrogen-bond donors (Lipinski definition) is 0. The van der Waals surface area contributed by atoms with Crippen LogP contribution in [0.3, 0.4) is 0 Å². The van der Waals surface area contributed by atoms with Crippen LogP contribution in [0.4, 0.5) is 0 Å². The molecule has 1 aromatic rings. The van der Waals surface area contributed by atoms with Crippen molar-refractivity contribution in [1.29, 1.82) is 0 Å². The Morgan fingerprint density at radius 2 is 2.07 bits per heavy atom. The van der Waals surface area contributed by atoms with Crippen molar-refractivity contribution in [3.05, 3.63) is 23.8 Å². The van der Waals surface area contributed by atoms with Crippen molar-refractivity contribution in [2.24, 2.45) is 0 Å². The lowest BCUT2D eigenvalue weighted by Gasteiger charge is -2.10. The maximum Gasteiger partial charge on any atom is 0.188 e. The van der Waals surface area contributed by atoms with Gasteiger partial charge in [0.25, 0.3) is 0 Å². The molecule has 0 bridgehead atoms. The van der Waals surface area contributed by atoms with Gasteiger partial charge in [0.1, 0.15) is 11.5 Å². The Bertz CT molecular complexity index is 289. The van der Waals surface area contributed by atoms with E-state index in [2.05, 4.69) is 0 Å². The monoisotopic (exact) mass is 216 g/mol. The topological polar surface area (TPSA) is 27.7 Å². The predicted molar refractivity (Wildman–Crippen MR) is 55.1 cm³/mol. The van der Waals surface area contributed by atoms with Gasteiger partial charge in [-0.25, -0.2) is 0 Å². The molecule has 1 aromatic carbocycles. The number of methoxy groups -OCH3 is 2. The van der Waals surface area contributed by atoms with Crippen LogP contribution in [-0.2, 0) is 10.6 Å². The average Bonchev–Trinajstić information content (AvgIpc) is 2.26. The molecule has 3 nitrogen and oxygen atoms in total. The minimum Gasteiger partial charge on any atom is -0.497 e. The summed E-state index contributed by atoms with van der Waals surface area (Å²) in [7, 11) is 3.19. The average molecular weight is 217 g/mol. The summed E-state index contributed by atoms with van der Waals surface area (Å²) in [5.74, 6) is 1.88. The maximum absolute atomic E-state index is 5.76. The molecule has 0 atom stereocenters. The first-order valence-electron chi connectivity index (χ1n) is 4.16. The van der Waals surface area contributed by atoms with Crippen molar-refractivity contribution in [2.75, 3.05) is 21.0 Å². The third-order valence-electron chi connectivity index (χ3n) is 1.74. The lowest BCUT2D eigenvalue weighted by atomic mass is 10.2. The summed E-state index contributed by atoms with van der Waals surface area (Å²) in [6.45, 7) is 0.218. The van der Waals surface area contributed by atoms with Crippen LogP contribution in [0.15, 0.2) is 18.2 Å². The van der Waals surface area contributed by atoms with E-state index in [1.807, 2.05) is 18.2 Å². The van der Waals surface area contributed by atoms with Crippen LogP contribution in [0.1, 0.15) is 5.56 Å². The minimum atomic E-state index is 0.218. The maximum atomic E-state index is 5.76. The summed E-state index contributed by atoms with van der Waals surface area (Å²) in [6, 6.07) is 5.48. The highest BCUT2D eigenvalue weighted by atomic mass is 35.5. The van der Waals surface area contributed by atoms with Crippen LogP contribution in [0.2, 0.25) is 0 Å². The highest BCUT2D eigenvalue weighted by molar-refractivity contribution is 6.17. The minimum absolute atomic E-state index is 0.218. The molecule has 0 aliphatic carbocycles. The zero-order valence-electron chi connectivity index (χ0n) is 8.25. The second kappa shape index (κ2) is 5.73. The van der Waals surface area contributed by atoms with Gasteiger partial charge in [-0.3, -0.25) is 0 Å².